The monoisotopic (exact) mass is 436 g/mol. The summed E-state index contributed by atoms with van der Waals surface area (Å²) < 4.78 is 1.80. The van der Waals surface area contributed by atoms with Gasteiger partial charge in [0.25, 0.3) is 0 Å². The van der Waals surface area contributed by atoms with Crippen molar-refractivity contribution in [1.29, 1.82) is 0 Å². The van der Waals surface area contributed by atoms with Crippen molar-refractivity contribution in [3.63, 3.8) is 0 Å². The molecule has 32 heavy (non-hydrogen) atoms. The highest BCUT2D eigenvalue weighted by molar-refractivity contribution is 5.76. The Morgan fingerprint density at radius 2 is 1.97 bits per heavy atom. The van der Waals surface area contributed by atoms with Crippen LogP contribution in [0.2, 0.25) is 0 Å². The highest BCUT2D eigenvalue weighted by atomic mass is 16.3. The lowest BCUT2D eigenvalue weighted by Crippen LogP contribution is -2.71. The number of fused-ring (bicyclic) bond motifs is 1. The lowest BCUT2D eigenvalue weighted by Gasteiger charge is -2.61. The fourth-order valence-electron chi connectivity index (χ4n) is 6.75. The molecular formula is C25H32N4O3. The molecule has 3 heterocycles. The maximum Gasteiger partial charge on any atom is 0.242 e. The van der Waals surface area contributed by atoms with Crippen molar-refractivity contribution in [3.8, 4) is 5.75 Å². The van der Waals surface area contributed by atoms with E-state index in [-0.39, 0.29) is 24.2 Å². The number of likely N-dealkylation sites (tertiary alicyclic amines) is 2. The molecule has 2 aromatic rings. The molecule has 2 N–H and O–H groups in total. The Morgan fingerprint density at radius 3 is 2.75 bits per heavy atom. The SMILES string of the molecule is O=C(Cn1ccnc1)N1CC[C@]23CCN(CC4CC4)[C@H](Cc4ccc(O)cc42)[C@]3(O)CC1. The molecule has 1 saturated carbocycles. The largest absolute Gasteiger partial charge is 0.508 e. The molecule has 0 radical (unpaired) electrons. The number of hydrogen-bond acceptors (Lipinski definition) is 5. The number of amides is 1. The highest BCUT2D eigenvalue weighted by Gasteiger charge is 2.63. The van der Waals surface area contributed by atoms with E-state index in [0.717, 1.165) is 43.8 Å². The van der Waals surface area contributed by atoms with Crippen LogP contribution in [0.3, 0.4) is 0 Å². The maximum atomic E-state index is 13.1. The Hall–Kier alpha value is -2.38. The number of benzene rings is 1. The van der Waals surface area contributed by atoms with Gasteiger partial charge in [0, 0.05) is 43.5 Å². The third-order valence-electron chi connectivity index (χ3n) is 8.66. The van der Waals surface area contributed by atoms with Crippen LogP contribution in [0.25, 0.3) is 0 Å². The molecule has 0 unspecified atom stereocenters. The van der Waals surface area contributed by atoms with Crippen LogP contribution in [0.1, 0.15) is 43.2 Å². The van der Waals surface area contributed by atoms with E-state index >= 15 is 0 Å². The van der Waals surface area contributed by atoms with E-state index in [9.17, 15) is 15.0 Å². The average molecular weight is 437 g/mol. The van der Waals surface area contributed by atoms with Gasteiger partial charge < -0.3 is 19.7 Å². The van der Waals surface area contributed by atoms with Crippen LogP contribution in [0.5, 0.6) is 5.75 Å². The minimum atomic E-state index is -0.898. The summed E-state index contributed by atoms with van der Waals surface area (Å²) in [7, 11) is 0. The number of aromatic hydroxyl groups is 1. The zero-order valence-corrected chi connectivity index (χ0v) is 18.5. The fourth-order valence-corrected chi connectivity index (χ4v) is 6.75. The summed E-state index contributed by atoms with van der Waals surface area (Å²) in [6.45, 7) is 3.51. The zero-order valence-electron chi connectivity index (χ0n) is 18.5. The Labute approximate surface area is 188 Å². The van der Waals surface area contributed by atoms with Crippen molar-refractivity contribution in [2.24, 2.45) is 5.92 Å². The minimum Gasteiger partial charge on any atom is -0.508 e. The molecule has 1 aromatic heterocycles. The number of nitrogens with zero attached hydrogens (tertiary/aromatic N) is 4. The Morgan fingerprint density at radius 1 is 1.16 bits per heavy atom. The van der Waals surface area contributed by atoms with Crippen LogP contribution in [-0.2, 0) is 23.2 Å². The molecule has 0 spiro atoms. The van der Waals surface area contributed by atoms with Gasteiger partial charge in [-0.05, 0) is 74.2 Å². The first kappa shape index (κ1) is 20.2. The van der Waals surface area contributed by atoms with Gasteiger partial charge in [-0.25, -0.2) is 4.98 Å². The third kappa shape index (κ3) is 3.09. The second-order valence-corrected chi connectivity index (χ2v) is 10.4. The number of carbonyl (C=O) groups excluding carboxylic acids is 1. The van der Waals surface area contributed by atoms with Crippen LogP contribution in [0.4, 0.5) is 0 Å². The number of rotatable bonds is 4. The Kier molecular flexibility index (Phi) is 4.63. The summed E-state index contributed by atoms with van der Waals surface area (Å²) in [5.74, 6) is 1.10. The lowest BCUT2D eigenvalue weighted by atomic mass is 9.52. The van der Waals surface area contributed by atoms with Crippen molar-refractivity contribution < 1.29 is 15.0 Å². The van der Waals surface area contributed by atoms with Gasteiger partial charge >= 0.3 is 0 Å². The van der Waals surface area contributed by atoms with Gasteiger partial charge in [-0.1, -0.05) is 6.07 Å². The molecule has 1 aromatic carbocycles. The van der Waals surface area contributed by atoms with Crippen molar-refractivity contribution >= 4 is 5.91 Å². The van der Waals surface area contributed by atoms with Crippen molar-refractivity contribution in [2.45, 2.75) is 62.1 Å². The van der Waals surface area contributed by atoms with Crippen LogP contribution in [0.15, 0.2) is 36.9 Å². The van der Waals surface area contributed by atoms with E-state index in [4.69, 9.17) is 0 Å². The smallest absolute Gasteiger partial charge is 0.242 e. The standard InChI is InChI=1S/C25H32N4O3/c30-20-4-3-19-13-22-25(32)7-11-28(23(31)16-27-12-8-26-17-27)9-5-24(25,21(19)14-20)6-10-29(22)15-18-1-2-18/h3-4,8,12,14,17-18,22,30,32H,1-2,5-7,9-11,13,15-16H2/t22-,24+,25-/m1/s1. The molecule has 2 aliphatic heterocycles. The number of imidazole rings is 1. The van der Waals surface area contributed by atoms with E-state index in [1.165, 1.54) is 18.4 Å². The molecule has 1 amide bonds. The number of phenols is 1. The summed E-state index contributed by atoms with van der Waals surface area (Å²) in [4.78, 5) is 21.6. The summed E-state index contributed by atoms with van der Waals surface area (Å²) in [5.41, 5.74) is 1.03. The number of carbonyl (C=O) groups is 1. The predicted octanol–water partition coefficient (Wildman–Crippen LogP) is 1.92. The summed E-state index contributed by atoms with van der Waals surface area (Å²) in [6, 6.07) is 5.78. The molecule has 4 aliphatic rings. The molecule has 3 atom stereocenters. The van der Waals surface area contributed by atoms with Gasteiger partial charge in [-0.15, -0.1) is 0 Å². The Bertz CT molecular complexity index is 1020. The molecule has 2 bridgehead atoms. The second kappa shape index (κ2) is 7.32. The summed E-state index contributed by atoms with van der Waals surface area (Å²) in [6.07, 6.45) is 10.7. The molecule has 6 rings (SSSR count). The molecule has 7 nitrogen and oxygen atoms in total. The van der Waals surface area contributed by atoms with Gasteiger partial charge in [0.05, 0.1) is 11.9 Å². The molecule has 170 valence electrons. The topological polar surface area (TPSA) is 81.8 Å². The van der Waals surface area contributed by atoms with Crippen LogP contribution < -0.4 is 0 Å². The molecule has 3 fully saturated rings. The predicted molar refractivity (Wildman–Crippen MR) is 119 cm³/mol. The number of aromatic nitrogens is 2. The van der Waals surface area contributed by atoms with Gasteiger partial charge in [0.1, 0.15) is 12.3 Å². The highest BCUT2D eigenvalue weighted by Crippen LogP contribution is 2.56. The van der Waals surface area contributed by atoms with Crippen LogP contribution >= 0.6 is 0 Å². The molecule has 7 heteroatoms. The number of piperidine rings is 1. The average Bonchev–Trinajstić information content (AvgIpc) is 3.48. The Balaban J connectivity index is 1.36. The van der Waals surface area contributed by atoms with Crippen molar-refractivity contribution in [2.75, 3.05) is 26.2 Å². The van der Waals surface area contributed by atoms with Crippen LogP contribution in [-0.4, -0.2) is 73.3 Å². The number of hydrogen-bond donors (Lipinski definition) is 2. The summed E-state index contributed by atoms with van der Waals surface area (Å²) >= 11 is 0. The van der Waals surface area contributed by atoms with Crippen molar-refractivity contribution in [1.82, 2.24) is 19.4 Å². The first-order valence-electron chi connectivity index (χ1n) is 12.0. The first-order chi connectivity index (χ1) is 15.5. The normalized spacial score (nSPS) is 32.2. The molecule has 2 saturated heterocycles. The van der Waals surface area contributed by atoms with Crippen molar-refractivity contribution in [3.05, 3.63) is 48.0 Å². The van der Waals surface area contributed by atoms with Gasteiger partial charge in [-0.2, -0.15) is 0 Å². The lowest BCUT2D eigenvalue weighted by molar-refractivity contribution is -0.149. The van der Waals surface area contributed by atoms with Crippen LogP contribution in [0, 0.1) is 5.92 Å². The van der Waals surface area contributed by atoms with Gasteiger partial charge in [-0.3, -0.25) is 9.69 Å². The summed E-state index contributed by atoms with van der Waals surface area (Å²) in [5, 5.41) is 22.8. The van der Waals surface area contributed by atoms with E-state index in [2.05, 4.69) is 9.88 Å². The maximum absolute atomic E-state index is 13.1. The minimum absolute atomic E-state index is 0.0672. The van der Waals surface area contributed by atoms with Gasteiger partial charge in [0.15, 0.2) is 0 Å². The first-order valence-corrected chi connectivity index (χ1v) is 12.0. The van der Waals surface area contributed by atoms with E-state index < -0.39 is 11.0 Å². The zero-order chi connectivity index (χ0) is 21.9. The quantitative estimate of drug-likeness (QED) is 0.765. The molecule has 2 aliphatic carbocycles. The second-order valence-electron chi connectivity index (χ2n) is 10.4. The number of aliphatic hydroxyl groups is 1. The fraction of sp³-hybridized carbons (Fsp3) is 0.600. The van der Waals surface area contributed by atoms with E-state index in [1.807, 2.05) is 23.2 Å². The number of phenolic OH excluding ortho intramolecular Hbond substituents is 1. The molecular weight excluding hydrogens is 404 g/mol. The van der Waals surface area contributed by atoms with Gasteiger partial charge in [0.2, 0.25) is 5.91 Å². The van der Waals surface area contributed by atoms with E-state index in [0.29, 0.717) is 19.5 Å². The van der Waals surface area contributed by atoms with E-state index in [1.54, 1.807) is 23.2 Å². The third-order valence-corrected chi connectivity index (χ3v) is 8.66.